The van der Waals surface area contributed by atoms with Crippen LogP contribution >= 0.6 is 11.3 Å². The second-order valence-corrected chi connectivity index (χ2v) is 4.85. The van der Waals surface area contributed by atoms with Crippen LogP contribution in [0.15, 0.2) is 16.6 Å². The fraction of sp³-hybridized carbons (Fsp3) is 0.500. The zero-order valence-corrected chi connectivity index (χ0v) is 12.9. The summed E-state index contributed by atoms with van der Waals surface area (Å²) in [6.07, 6.45) is 1.59. The predicted octanol–water partition coefficient (Wildman–Crippen LogP) is 3.79. The van der Waals surface area contributed by atoms with Gasteiger partial charge in [0, 0.05) is 11.6 Å². The van der Waals surface area contributed by atoms with E-state index in [2.05, 4.69) is 9.97 Å². The number of fused-ring (bicyclic) bond motifs is 1. The molecule has 2 heterocycles. The molecule has 2 aromatic rings. The van der Waals surface area contributed by atoms with Crippen molar-refractivity contribution in [3.05, 3.63) is 17.1 Å². The van der Waals surface area contributed by atoms with Crippen molar-refractivity contribution in [3.63, 3.8) is 0 Å². The Morgan fingerprint density at radius 3 is 2.29 bits per heavy atom. The summed E-state index contributed by atoms with van der Waals surface area (Å²) in [5.41, 5.74) is 0.899. The Morgan fingerprint density at radius 2 is 1.76 bits per heavy atom. The van der Waals surface area contributed by atoms with Crippen LogP contribution in [0.5, 0.6) is 0 Å². The Morgan fingerprint density at radius 1 is 1.18 bits per heavy atom. The molecule has 0 aliphatic carbocycles. The third-order valence-corrected chi connectivity index (χ3v) is 3.26. The minimum Gasteiger partial charge on any atom is -0.251 e. The van der Waals surface area contributed by atoms with Crippen LogP contribution < -0.4 is 0 Å². The van der Waals surface area contributed by atoms with Crippen molar-refractivity contribution in [2.45, 2.75) is 39.8 Å². The van der Waals surface area contributed by atoms with E-state index in [1.807, 2.05) is 46.1 Å². The maximum atomic E-state index is 11.2. The Bertz CT molecular complexity index is 480. The normalized spacial score (nSPS) is 10.9. The summed E-state index contributed by atoms with van der Waals surface area (Å²) in [6, 6.07) is 1.98. The first-order valence-electron chi connectivity index (χ1n) is 5.74. The quantitative estimate of drug-likeness (QED) is 0.742. The molecule has 0 spiro atoms. The standard InChI is InChI=1S/C8H8N2OS2.2C2H6/c1-5-6-3-4-12-7(6)10-8(9-5)13(2)11;2*1-2/h3-4H,1-2H3;2*1-2H3. The van der Waals surface area contributed by atoms with Crippen LogP contribution in [0.3, 0.4) is 0 Å². The van der Waals surface area contributed by atoms with Gasteiger partial charge in [-0.25, -0.2) is 9.97 Å². The summed E-state index contributed by atoms with van der Waals surface area (Å²) in [4.78, 5) is 9.29. The number of hydrogen-bond donors (Lipinski definition) is 0. The van der Waals surface area contributed by atoms with E-state index in [-0.39, 0.29) is 0 Å². The highest BCUT2D eigenvalue weighted by molar-refractivity contribution is 7.84. The Hall–Kier alpha value is -0.810. The SMILES string of the molecule is CC.CC.Cc1nc(S(C)=O)nc2sccc12. The highest BCUT2D eigenvalue weighted by atomic mass is 32.2. The van der Waals surface area contributed by atoms with Crippen molar-refractivity contribution in [2.75, 3.05) is 6.26 Å². The van der Waals surface area contributed by atoms with Crippen LogP contribution in [0.4, 0.5) is 0 Å². The zero-order chi connectivity index (χ0) is 13.4. The molecule has 0 aliphatic heterocycles. The molecule has 5 heteroatoms. The molecule has 2 aromatic heterocycles. The van der Waals surface area contributed by atoms with E-state index < -0.39 is 10.8 Å². The van der Waals surface area contributed by atoms with Crippen LogP contribution in [-0.4, -0.2) is 20.4 Å². The van der Waals surface area contributed by atoms with Crippen molar-refractivity contribution in [2.24, 2.45) is 0 Å². The summed E-state index contributed by atoms with van der Waals surface area (Å²) >= 11 is 1.55. The maximum Gasteiger partial charge on any atom is 0.219 e. The van der Waals surface area contributed by atoms with Gasteiger partial charge < -0.3 is 0 Å². The lowest BCUT2D eigenvalue weighted by Crippen LogP contribution is -1.98. The number of hydrogen-bond acceptors (Lipinski definition) is 4. The number of rotatable bonds is 1. The van der Waals surface area contributed by atoms with Crippen LogP contribution in [0, 0.1) is 6.92 Å². The molecule has 0 fully saturated rings. The molecule has 0 saturated heterocycles. The monoisotopic (exact) mass is 272 g/mol. The van der Waals surface area contributed by atoms with E-state index >= 15 is 0 Å². The highest BCUT2D eigenvalue weighted by Gasteiger charge is 2.07. The average Bonchev–Trinajstić information content (AvgIpc) is 2.83. The molecule has 0 bridgehead atoms. The van der Waals surface area contributed by atoms with Crippen LogP contribution in [0.25, 0.3) is 10.2 Å². The zero-order valence-electron chi connectivity index (χ0n) is 11.3. The first kappa shape index (κ1) is 16.2. The van der Waals surface area contributed by atoms with Gasteiger partial charge in [-0.05, 0) is 18.4 Å². The van der Waals surface area contributed by atoms with Gasteiger partial charge in [0.2, 0.25) is 5.16 Å². The van der Waals surface area contributed by atoms with Gasteiger partial charge in [0.05, 0.1) is 16.5 Å². The molecule has 0 amide bonds. The van der Waals surface area contributed by atoms with Gasteiger partial charge in [0.25, 0.3) is 0 Å². The molecular formula is C12H20N2OS2. The van der Waals surface area contributed by atoms with Gasteiger partial charge in [-0.15, -0.1) is 11.3 Å². The minimum atomic E-state index is -1.09. The maximum absolute atomic E-state index is 11.2. The third-order valence-electron chi connectivity index (χ3n) is 1.75. The Labute approximate surface area is 110 Å². The summed E-state index contributed by atoms with van der Waals surface area (Å²) < 4.78 is 11.2. The van der Waals surface area contributed by atoms with Gasteiger partial charge in [0.1, 0.15) is 4.83 Å². The molecule has 1 unspecified atom stereocenters. The van der Waals surface area contributed by atoms with Gasteiger partial charge in [-0.3, -0.25) is 4.21 Å². The van der Waals surface area contributed by atoms with Crippen molar-refractivity contribution in [1.29, 1.82) is 0 Å². The second kappa shape index (κ2) is 8.31. The molecule has 0 N–H and O–H groups in total. The average molecular weight is 272 g/mol. The number of aromatic nitrogens is 2. The number of nitrogens with zero attached hydrogens (tertiary/aromatic N) is 2. The summed E-state index contributed by atoms with van der Waals surface area (Å²) in [5, 5.41) is 3.45. The van der Waals surface area contributed by atoms with Gasteiger partial charge in [-0.2, -0.15) is 0 Å². The van der Waals surface area contributed by atoms with Crippen LogP contribution in [0.1, 0.15) is 33.4 Å². The van der Waals surface area contributed by atoms with Gasteiger partial charge in [0.15, 0.2) is 0 Å². The van der Waals surface area contributed by atoms with E-state index in [9.17, 15) is 4.21 Å². The predicted molar refractivity (Wildman–Crippen MR) is 77.2 cm³/mol. The Kier molecular flexibility index (Phi) is 7.91. The highest BCUT2D eigenvalue weighted by Crippen LogP contribution is 2.21. The molecule has 0 aromatic carbocycles. The minimum absolute atomic E-state index is 0.424. The lowest BCUT2D eigenvalue weighted by molar-refractivity contribution is 0.680. The van der Waals surface area contributed by atoms with Crippen molar-refractivity contribution < 1.29 is 4.21 Å². The molecule has 17 heavy (non-hydrogen) atoms. The largest absolute Gasteiger partial charge is 0.251 e. The van der Waals surface area contributed by atoms with E-state index in [1.165, 1.54) is 0 Å². The number of aryl methyl sites for hydroxylation is 1. The first-order valence-corrected chi connectivity index (χ1v) is 8.17. The smallest absolute Gasteiger partial charge is 0.219 e. The summed E-state index contributed by atoms with van der Waals surface area (Å²) in [7, 11) is -1.09. The van der Waals surface area contributed by atoms with Crippen molar-refractivity contribution in [3.8, 4) is 0 Å². The molecule has 0 aliphatic rings. The van der Waals surface area contributed by atoms with E-state index in [0.29, 0.717) is 5.16 Å². The lowest BCUT2D eigenvalue weighted by atomic mass is 10.3. The van der Waals surface area contributed by atoms with Crippen LogP contribution in [0.2, 0.25) is 0 Å². The molecule has 96 valence electrons. The van der Waals surface area contributed by atoms with Crippen molar-refractivity contribution in [1.82, 2.24) is 9.97 Å². The molecule has 0 radical (unpaired) electrons. The molecule has 3 nitrogen and oxygen atoms in total. The van der Waals surface area contributed by atoms with Crippen molar-refractivity contribution >= 4 is 32.4 Å². The summed E-state index contributed by atoms with van der Waals surface area (Å²) in [5.74, 6) is 0. The lowest BCUT2D eigenvalue weighted by Gasteiger charge is -1.98. The molecular weight excluding hydrogens is 252 g/mol. The van der Waals surface area contributed by atoms with E-state index in [4.69, 9.17) is 0 Å². The third kappa shape index (κ3) is 4.16. The van der Waals surface area contributed by atoms with Crippen LogP contribution in [-0.2, 0) is 10.8 Å². The topological polar surface area (TPSA) is 42.9 Å². The van der Waals surface area contributed by atoms with Gasteiger partial charge in [-0.1, -0.05) is 27.7 Å². The molecule has 2 rings (SSSR count). The van der Waals surface area contributed by atoms with E-state index in [1.54, 1.807) is 17.6 Å². The molecule has 1 atom stereocenters. The van der Waals surface area contributed by atoms with E-state index in [0.717, 1.165) is 15.9 Å². The molecule has 0 saturated carbocycles. The van der Waals surface area contributed by atoms with Gasteiger partial charge >= 0.3 is 0 Å². The summed E-state index contributed by atoms with van der Waals surface area (Å²) in [6.45, 7) is 9.91. The first-order chi connectivity index (χ1) is 8.18. The second-order valence-electron chi connectivity index (χ2n) is 2.69. The fourth-order valence-corrected chi connectivity index (χ4v) is 2.47. The Balaban J connectivity index is 0.000000581. The number of thiophene rings is 1. The fourth-order valence-electron chi connectivity index (χ4n) is 1.11.